The topological polar surface area (TPSA) is 67.6 Å². The molecule has 20 heavy (non-hydrogen) atoms. The Morgan fingerprint density at radius 3 is 3.15 bits per heavy atom. The van der Waals surface area contributed by atoms with Crippen molar-refractivity contribution in [1.29, 1.82) is 0 Å². The summed E-state index contributed by atoms with van der Waals surface area (Å²) in [7, 11) is 0. The molecule has 1 heterocycles. The Morgan fingerprint density at radius 1 is 1.55 bits per heavy atom. The van der Waals surface area contributed by atoms with Crippen molar-refractivity contribution in [3.8, 4) is 0 Å². The first kappa shape index (κ1) is 14.8. The molecule has 0 bridgehead atoms. The molecule has 1 aliphatic rings. The first-order chi connectivity index (χ1) is 9.76. The minimum Gasteiger partial charge on any atom is -0.377 e. The van der Waals surface area contributed by atoms with E-state index in [-0.39, 0.29) is 11.9 Å². The number of nitrogens with zero attached hydrogens (tertiary/aromatic N) is 1. The zero-order chi connectivity index (χ0) is 14.4. The highest BCUT2D eigenvalue weighted by Crippen LogP contribution is 2.21. The zero-order valence-electron chi connectivity index (χ0n) is 12.0. The molecule has 5 heteroatoms. The number of nitrogens with two attached hydrogens (primary N) is 1. The van der Waals surface area contributed by atoms with E-state index in [0.29, 0.717) is 26.3 Å². The van der Waals surface area contributed by atoms with Gasteiger partial charge in [-0.15, -0.1) is 0 Å². The summed E-state index contributed by atoms with van der Waals surface area (Å²) in [6.07, 6.45) is 0.933. The molecule has 5 nitrogen and oxygen atoms in total. The van der Waals surface area contributed by atoms with E-state index in [9.17, 15) is 4.79 Å². The quantitative estimate of drug-likeness (QED) is 0.838. The molecule has 1 saturated heterocycles. The fraction of sp³-hybridized carbons (Fsp3) is 0.533. The summed E-state index contributed by atoms with van der Waals surface area (Å²) < 4.78 is 5.46. The van der Waals surface area contributed by atoms with Gasteiger partial charge in [-0.1, -0.05) is 19.1 Å². The van der Waals surface area contributed by atoms with Gasteiger partial charge in [0.05, 0.1) is 13.2 Å². The second kappa shape index (κ2) is 7.26. The maximum Gasteiger partial charge on any atom is 0.245 e. The number of benzene rings is 1. The molecule has 1 atom stereocenters. The highest BCUT2D eigenvalue weighted by atomic mass is 16.5. The third-order valence-electron chi connectivity index (χ3n) is 3.46. The Balaban J connectivity index is 2.15. The molecule has 0 aromatic heterocycles. The molecule has 1 aromatic carbocycles. The summed E-state index contributed by atoms with van der Waals surface area (Å²) in [6, 6.07) is 7.78. The summed E-state index contributed by atoms with van der Waals surface area (Å²) >= 11 is 0. The van der Waals surface area contributed by atoms with Gasteiger partial charge in [-0.2, -0.15) is 0 Å². The first-order valence-electron chi connectivity index (χ1n) is 7.17. The summed E-state index contributed by atoms with van der Waals surface area (Å²) in [5, 5.41) is 2.95. The van der Waals surface area contributed by atoms with Crippen LogP contribution in [-0.4, -0.2) is 38.3 Å². The van der Waals surface area contributed by atoms with E-state index < -0.39 is 0 Å². The van der Waals surface area contributed by atoms with Gasteiger partial charge in [0.2, 0.25) is 5.91 Å². The van der Waals surface area contributed by atoms with Crippen molar-refractivity contribution in [1.82, 2.24) is 5.32 Å². The van der Waals surface area contributed by atoms with E-state index in [4.69, 9.17) is 10.5 Å². The number of rotatable bonds is 5. The first-order valence-corrected chi connectivity index (χ1v) is 7.17. The average molecular weight is 277 g/mol. The van der Waals surface area contributed by atoms with Crippen molar-refractivity contribution in [2.24, 2.45) is 5.73 Å². The lowest BCUT2D eigenvalue weighted by atomic mass is 10.1. The predicted octanol–water partition coefficient (Wildman–Crippen LogP) is 0.877. The van der Waals surface area contributed by atoms with Crippen LogP contribution in [0.5, 0.6) is 0 Å². The smallest absolute Gasteiger partial charge is 0.245 e. The SMILES string of the molecule is CCCNC(=O)C1COCCN1c1cccc(CN)c1. The summed E-state index contributed by atoms with van der Waals surface area (Å²) in [5.41, 5.74) is 7.79. The average Bonchev–Trinajstić information content (AvgIpc) is 2.52. The highest BCUT2D eigenvalue weighted by molar-refractivity contribution is 5.85. The number of carbonyl (C=O) groups is 1. The number of carbonyl (C=O) groups excluding carboxylic acids is 1. The standard InChI is InChI=1S/C15H23N3O2/c1-2-6-17-15(19)14-11-20-8-7-18(14)13-5-3-4-12(9-13)10-16/h3-5,9,14H,2,6-8,10-11,16H2,1H3,(H,17,19). The fourth-order valence-corrected chi connectivity index (χ4v) is 2.36. The highest BCUT2D eigenvalue weighted by Gasteiger charge is 2.29. The van der Waals surface area contributed by atoms with E-state index in [1.165, 1.54) is 0 Å². The Bertz CT molecular complexity index is 450. The number of hydrogen-bond acceptors (Lipinski definition) is 4. The van der Waals surface area contributed by atoms with Crippen LogP contribution in [0.1, 0.15) is 18.9 Å². The van der Waals surface area contributed by atoms with Crippen LogP contribution in [0.15, 0.2) is 24.3 Å². The molecule has 2 rings (SSSR count). The Kier molecular flexibility index (Phi) is 5.38. The van der Waals surface area contributed by atoms with Gasteiger partial charge in [0, 0.05) is 25.3 Å². The van der Waals surface area contributed by atoms with Crippen molar-refractivity contribution in [2.45, 2.75) is 25.9 Å². The minimum atomic E-state index is -0.261. The molecule has 1 unspecified atom stereocenters. The number of nitrogens with one attached hydrogen (secondary N) is 1. The van der Waals surface area contributed by atoms with Crippen LogP contribution in [0.25, 0.3) is 0 Å². The van der Waals surface area contributed by atoms with Gasteiger partial charge in [0.1, 0.15) is 6.04 Å². The molecule has 0 radical (unpaired) electrons. The van der Waals surface area contributed by atoms with Gasteiger partial charge >= 0.3 is 0 Å². The van der Waals surface area contributed by atoms with Crippen molar-refractivity contribution < 1.29 is 9.53 Å². The molecule has 1 aliphatic heterocycles. The number of anilines is 1. The second-order valence-electron chi connectivity index (χ2n) is 4.95. The van der Waals surface area contributed by atoms with Gasteiger partial charge in [-0.3, -0.25) is 4.79 Å². The van der Waals surface area contributed by atoms with Crippen LogP contribution >= 0.6 is 0 Å². The summed E-state index contributed by atoms with van der Waals surface area (Å²) in [6.45, 7) is 5.04. The number of amides is 1. The van der Waals surface area contributed by atoms with Crippen LogP contribution in [0.3, 0.4) is 0 Å². The molecular formula is C15H23N3O2. The van der Waals surface area contributed by atoms with Crippen molar-refractivity contribution in [2.75, 3.05) is 31.2 Å². The van der Waals surface area contributed by atoms with Crippen LogP contribution in [0.4, 0.5) is 5.69 Å². The Hall–Kier alpha value is -1.59. The maximum absolute atomic E-state index is 12.2. The molecule has 1 aromatic rings. The number of ether oxygens (including phenoxy) is 1. The molecule has 0 aliphatic carbocycles. The predicted molar refractivity (Wildman–Crippen MR) is 79.6 cm³/mol. The Labute approximate surface area is 120 Å². The van der Waals surface area contributed by atoms with Crippen LogP contribution < -0.4 is 16.0 Å². The molecular weight excluding hydrogens is 254 g/mol. The lowest BCUT2D eigenvalue weighted by Crippen LogP contribution is -2.54. The fourth-order valence-electron chi connectivity index (χ4n) is 2.36. The van der Waals surface area contributed by atoms with Crippen molar-refractivity contribution >= 4 is 11.6 Å². The van der Waals surface area contributed by atoms with Crippen LogP contribution in [-0.2, 0) is 16.1 Å². The third kappa shape index (κ3) is 3.49. The van der Waals surface area contributed by atoms with Gasteiger partial charge in [-0.25, -0.2) is 0 Å². The van der Waals surface area contributed by atoms with E-state index in [1.807, 2.05) is 31.2 Å². The van der Waals surface area contributed by atoms with Gasteiger partial charge < -0.3 is 20.7 Å². The number of hydrogen-bond donors (Lipinski definition) is 2. The Morgan fingerprint density at radius 2 is 2.40 bits per heavy atom. The van der Waals surface area contributed by atoms with E-state index in [1.54, 1.807) is 0 Å². The zero-order valence-corrected chi connectivity index (χ0v) is 12.0. The molecule has 110 valence electrons. The van der Waals surface area contributed by atoms with E-state index in [2.05, 4.69) is 10.2 Å². The second-order valence-corrected chi connectivity index (χ2v) is 4.95. The molecule has 1 amide bonds. The molecule has 0 saturated carbocycles. The van der Waals surface area contributed by atoms with Crippen molar-refractivity contribution in [3.05, 3.63) is 29.8 Å². The minimum absolute atomic E-state index is 0.0321. The normalized spacial score (nSPS) is 18.9. The monoisotopic (exact) mass is 277 g/mol. The maximum atomic E-state index is 12.2. The number of morpholine rings is 1. The van der Waals surface area contributed by atoms with E-state index >= 15 is 0 Å². The van der Waals surface area contributed by atoms with Crippen LogP contribution in [0, 0.1) is 0 Å². The van der Waals surface area contributed by atoms with E-state index in [0.717, 1.165) is 24.2 Å². The summed E-state index contributed by atoms with van der Waals surface area (Å²) in [4.78, 5) is 14.3. The van der Waals surface area contributed by atoms with Crippen molar-refractivity contribution in [3.63, 3.8) is 0 Å². The van der Waals surface area contributed by atoms with Gasteiger partial charge in [0.25, 0.3) is 0 Å². The molecule has 1 fully saturated rings. The largest absolute Gasteiger partial charge is 0.377 e. The molecule has 3 N–H and O–H groups in total. The van der Waals surface area contributed by atoms with Gasteiger partial charge in [-0.05, 0) is 24.1 Å². The van der Waals surface area contributed by atoms with Gasteiger partial charge in [0.15, 0.2) is 0 Å². The van der Waals surface area contributed by atoms with Crippen LogP contribution in [0.2, 0.25) is 0 Å². The molecule has 0 spiro atoms. The lowest BCUT2D eigenvalue weighted by molar-refractivity contribution is -0.124. The third-order valence-corrected chi connectivity index (χ3v) is 3.46. The lowest BCUT2D eigenvalue weighted by Gasteiger charge is -2.36. The summed E-state index contributed by atoms with van der Waals surface area (Å²) in [5.74, 6) is 0.0321.